The number of hydrogen-bond donors (Lipinski definition) is 2. The monoisotopic (exact) mass is 385 g/mol. The summed E-state index contributed by atoms with van der Waals surface area (Å²) in [6, 6.07) is 19.1. The zero-order valence-electron chi connectivity index (χ0n) is 15.1. The molecule has 2 N–H and O–H groups in total. The molecule has 4 rings (SSSR count). The number of anilines is 2. The van der Waals surface area contributed by atoms with Crippen molar-refractivity contribution in [2.45, 2.75) is 0 Å². The quantitative estimate of drug-likeness (QED) is 0.546. The molecular weight excluding hydrogens is 370 g/mol. The highest BCUT2D eigenvalue weighted by molar-refractivity contribution is 6.03. The maximum atomic E-state index is 12.5. The third-order valence-corrected chi connectivity index (χ3v) is 3.85. The first-order valence-corrected chi connectivity index (χ1v) is 8.68. The molecule has 29 heavy (non-hydrogen) atoms. The molecular formula is C20H15N7O2. The summed E-state index contributed by atoms with van der Waals surface area (Å²) in [4.78, 5) is 37.1. The molecule has 0 unspecified atom stereocenters. The molecule has 0 aliphatic carbocycles. The summed E-state index contributed by atoms with van der Waals surface area (Å²) in [7, 11) is 0. The molecule has 9 nitrogen and oxygen atoms in total. The number of nitrogens with one attached hydrogen (secondary N) is 2. The van der Waals surface area contributed by atoms with Crippen LogP contribution in [0.25, 0.3) is 5.69 Å². The van der Waals surface area contributed by atoms with Gasteiger partial charge in [-0.05, 0) is 36.4 Å². The number of amides is 2. The molecule has 142 valence electrons. The molecule has 0 bridgehead atoms. The highest BCUT2D eigenvalue weighted by Crippen LogP contribution is 2.17. The van der Waals surface area contributed by atoms with Crippen LogP contribution in [0.5, 0.6) is 0 Å². The number of nitrogens with zero attached hydrogens (tertiary/aromatic N) is 5. The average molecular weight is 385 g/mol. The topological polar surface area (TPSA) is 115 Å². The average Bonchev–Trinajstić information content (AvgIpc) is 3.17. The summed E-state index contributed by atoms with van der Waals surface area (Å²) in [5.74, 6) is -0.736. The number of pyridine rings is 2. The first-order chi connectivity index (χ1) is 14.2. The molecule has 0 aliphatic heterocycles. The Bertz CT molecular complexity index is 1130. The van der Waals surface area contributed by atoms with E-state index in [1.54, 1.807) is 48.5 Å². The van der Waals surface area contributed by atoms with Crippen molar-refractivity contribution < 1.29 is 9.59 Å². The number of hydrogen-bond acceptors (Lipinski definition) is 6. The smallest absolute Gasteiger partial charge is 0.276 e. The van der Waals surface area contributed by atoms with Crippen molar-refractivity contribution in [2.75, 3.05) is 10.6 Å². The Morgan fingerprint density at radius 1 is 0.724 bits per heavy atom. The standard InChI is InChI=1S/C20H15N7O2/c28-17(15-10-4-6-12-21-15)23-19-25-20(24-18(29)16-11-5-7-13-22-16)27(26-19)14-8-2-1-3-9-14/h1-13H,(H2,23,24,25,26,28,29). The van der Waals surface area contributed by atoms with Crippen LogP contribution in [0, 0.1) is 0 Å². The second kappa shape index (κ2) is 8.09. The number of benzene rings is 1. The van der Waals surface area contributed by atoms with E-state index in [1.165, 1.54) is 17.1 Å². The summed E-state index contributed by atoms with van der Waals surface area (Å²) in [5, 5.41) is 9.57. The molecule has 0 saturated carbocycles. The van der Waals surface area contributed by atoms with Crippen LogP contribution in [-0.4, -0.2) is 36.5 Å². The fourth-order valence-electron chi connectivity index (χ4n) is 2.52. The fourth-order valence-corrected chi connectivity index (χ4v) is 2.52. The van der Waals surface area contributed by atoms with Gasteiger partial charge in [0.15, 0.2) is 0 Å². The van der Waals surface area contributed by atoms with E-state index in [2.05, 4.69) is 30.7 Å². The predicted octanol–water partition coefficient (Wildman–Crippen LogP) is 2.56. The van der Waals surface area contributed by atoms with Gasteiger partial charge >= 0.3 is 0 Å². The van der Waals surface area contributed by atoms with Gasteiger partial charge in [0.1, 0.15) is 11.4 Å². The van der Waals surface area contributed by atoms with Crippen molar-refractivity contribution in [3.8, 4) is 5.69 Å². The Hall–Kier alpha value is -4.40. The molecule has 0 radical (unpaired) electrons. The lowest BCUT2D eigenvalue weighted by atomic mass is 10.3. The Morgan fingerprint density at radius 2 is 1.31 bits per heavy atom. The molecule has 4 aromatic rings. The molecule has 0 fully saturated rings. The first kappa shape index (κ1) is 18.0. The van der Waals surface area contributed by atoms with E-state index in [4.69, 9.17) is 0 Å². The Labute approximate surface area is 165 Å². The van der Waals surface area contributed by atoms with Crippen molar-refractivity contribution in [1.82, 2.24) is 24.7 Å². The van der Waals surface area contributed by atoms with Gasteiger partial charge < -0.3 is 0 Å². The molecule has 0 aliphatic rings. The van der Waals surface area contributed by atoms with Crippen LogP contribution in [0.1, 0.15) is 21.0 Å². The van der Waals surface area contributed by atoms with Gasteiger partial charge in [0.2, 0.25) is 5.95 Å². The molecule has 1 aromatic carbocycles. The molecule has 9 heteroatoms. The van der Waals surface area contributed by atoms with Gasteiger partial charge in [0.25, 0.3) is 17.8 Å². The van der Waals surface area contributed by atoms with Crippen LogP contribution in [0.15, 0.2) is 79.1 Å². The van der Waals surface area contributed by atoms with Crippen LogP contribution < -0.4 is 10.6 Å². The Balaban J connectivity index is 1.64. The zero-order chi connectivity index (χ0) is 20.1. The van der Waals surface area contributed by atoms with E-state index in [1.807, 2.05) is 18.2 Å². The summed E-state index contributed by atoms with van der Waals surface area (Å²) < 4.78 is 1.43. The minimum atomic E-state index is -0.460. The second-order valence-corrected chi connectivity index (χ2v) is 5.84. The lowest BCUT2D eigenvalue weighted by Gasteiger charge is -2.06. The zero-order valence-corrected chi connectivity index (χ0v) is 15.1. The van der Waals surface area contributed by atoms with Crippen LogP contribution in [0.2, 0.25) is 0 Å². The Morgan fingerprint density at radius 3 is 1.90 bits per heavy atom. The minimum absolute atomic E-state index is 0.0285. The summed E-state index contributed by atoms with van der Waals surface area (Å²) >= 11 is 0. The van der Waals surface area contributed by atoms with Crippen molar-refractivity contribution in [2.24, 2.45) is 0 Å². The van der Waals surface area contributed by atoms with Crippen molar-refractivity contribution in [1.29, 1.82) is 0 Å². The highest BCUT2D eigenvalue weighted by atomic mass is 16.2. The van der Waals surface area contributed by atoms with E-state index in [-0.39, 0.29) is 23.3 Å². The van der Waals surface area contributed by atoms with E-state index in [0.29, 0.717) is 5.69 Å². The normalized spacial score (nSPS) is 10.3. The number of carbonyl (C=O) groups is 2. The highest BCUT2D eigenvalue weighted by Gasteiger charge is 2.18. The number of carbonyl (C=O) groups excluding carboxylic acids is 2. The maximum Gasteiger partial charge on any atom is 0.276 e. The first-order valence-electron chi connectivity index (χ1n) is 8.68. The van der Waals surface area contributed by atoms with E-state index in [0.717, 1.165) is 0 Å². The third kappa shape index (κ3) is 4.14. The molecule has 0 atom stereocenters. The molecule has 3 aromatic heterocycles. The van der Waals surface area contributed by atoms with Crippen LogP contribution in [-0.2, 0) is 0 Å². The third-order valence-electron chi connectivity index (χ3n) is 3.85. The van der Waals surface area contributed by atoms with Crippen LogP contribution in [0.4, 0.5) is 11.9 Å². The van der Waals surface area contributed by atoms with Crippen molar-refractivity contribution in [3.63, 3.8) is 0 Å². The molecule has 0 saturated heterocycles. The van der Waals surface area contributed by atoms with Gasteiger partial charge in [-0.15, -0.1) is 5.10 Å². The largest absolute Gasteiger partial charge is 0.289 e. The van der Waals surface area contributed by atoms with Gasteiger partial charge in [-0.3, -0.25) is 30.2 Å². The summed E-state index contributed by atoms with van der Waals surface area (Å²) in [6.07, 6.45) is 3.04. The number of rotatable bonds is 5. The van der Waals surface area contributed by atoms with Crippen LogP contribution >= 0.6 is 0 Å². The number of aromatic nitrogens is 5. The second-order valence-electron chi connectivity index (χ2n) is 5.84. The number of para-hydroxylation sites is 1. The molecule has 2 amide bonds. The van der Waals surface area contributed by atoms with Gasteiger partial charge in [0, 0.05) is 12.4 Å². The Kier molecular flexibility index (Phi) is 5.02. The summed E-state index contributed by atoms with van der Waals surface area (Å²) in [5.41, 5.74) is 1.12. The maximum absolute atomic E-state index is 12.5. The molecule has 0 spiro atoms. The van der Waals surface area contributed by atoms with E-state index >= 15 is 0 Å². The van der Waals surface area contributed by atoms with Gasteiger partial charge in [-0.1, -0.05) is 30.3 Å². The van der Waals surface area contributed by atoms with Gasteiger partial charge in [-0.2, -0.15) is 9.67 Å². The fraction of sp³-hybridized carbons (Fsp3) is 0. The van der Waals surface area contributed by atoms with Crippen LogP contribution in [0.3, 0.4) is 0 Å². The van der Waals surface area contributed by atoms with Crippen molar-refractivity contribution >= 4 is 23.7 Å². The lowest BCUT2D eigenvalue weighted by Crippen LogP contribution is -2.17. The predicted molar refractivity (Wildman–Crippen MR) is 106 cm³/mol. The van der Waals surface area contributed by atoms with Gasteiger partial charge in [-0.25, -0.2) is 0 Å². The van der Waals surface area contributed by atoms with E-state index < -0.39 is 11.8 Å². The SMILES string of the molecule is O=C(Nc1nc(NC(=O)c2ccccn2)n(-c2ccccc2)n1)c1ccccn1. The molecule has 3 heterocycles. The summed E-state index contributed by atoms with van der Waals surface area (Å²) in [6.45, 7) is 0. The van der Waals surface area contributed by atoms with Gasteiger partial charge in [0.05, 0.1) is 5.69 Å². The minimum Gasteiger partial charge on any atom is -0.289 e. The van der Waals surface area contributed by atoms with Crippen molar-refractivity contribution in [3.05, 3.63) is 90.5 Å². The lowest BCUT2D eigenvalue weighted by molar-refractivity contribution is 0.101. The van der Waals surface area contributed by atoms with E-state index in [9.17, 15) is 9.59 Å².